The number of likely N-dealkylation sites (tertiary alicyclic amines) is 1. The first-order valence-electron chi connectivity index (χ1n) is 13.0. The second-order valence-electron chi connectivity index (χ2n) is 10.1. The lowest BCUT2D eigenvalue weighted by molar-refractivity contribution is -0.135. The monoisotopic (exact) mass is 477 g/mol. The van der Waals surface area contributed by atoms with Crippen molar-refractivity contribution in [2.24, 2.45) is 5.92 Å². The average Bonchev–Trinajstić information content (AvgIpc) is 3.15. The van der Waals surface area contributed by atoms with Gasteiger partial charge < -0.3 is 9.80 Å². The average molecular weight is 478 g/mol. The number of amides is 3. The second kappa shape index (κ2) is 9.84. The number of imide groups is 1. The normalized spacial score (nSPS) is 20.9. The lowest BCUT2D eigenvalue weighted by Gasteiger charge is -2.36. The third-order valence-electron chi connectivity index (χ3n) is 7.64. The fourth-order valence-corrected chi connectivity index (χ4v) is 5.83. The number of aryl methyl sites for hydroxylation is 2. The summed E-state index contributed by atoms with van der Waals surface area (Å²) in [5.74, 6) is -0.309. The van der Waals surface area contributed by atoms with E-state index in [1.165, 1.54) is 17.7 Å². The van der Waals surface area contributed by atoms with Gasteiger partial charge in [0.2, 0.25) is 5.91 Å². The Kier molecular flexibility index (Phi) is 6.62. The molecule has 1 atom stereocenters. The van der Waals surface area contributed by atoms with Gasteiger partial charge in [-0.3, -0.25) is 24.0 Å². The first-order chi connectivity index (χ1) is 16.9. The minimum Gasteiger partial charge on any atom is -0.370 e. The van der Waals surface area contributed by atoms with Crippen molar-refractivity contribution in [3.8, 4) is 0 Å². The molecule has 3 amide bonds. The molecule has 0 saturated carbocycles. The summed E-state index contributed by atoms with van der Waals surface area (Å²) in [6.07, 6.45) is 6.34. The Morgan fingerprint density at radius 2 is 1.74 bits per heavy atom. The number of piperidine rings is 1. The predicted octanol–water partition coefficient (Wildman–Crippen LogP) is 3.42. The van der Waals surface area contributed by atoms with Gasteiger partial charge in [-0.05, 0) is 57.7 Å². The van der Waals surface area contributed by atoms with Gasteiger partial charge in [0.25, 0.3) is 11.8 Å². The number of hydrogen-bond acceptors (Lipinski definition) is 5. The van der Waals surface area contributed by atoms with Crippen molar-refractivity contribution in [2.75, 3.05) is 37.6 Å². The van der Waals surface area contributed by atoms with E-state index >= 15 is 0 Å². The highest BCUT2D eigenvalue weighted by Crippen LogP contribution is 2.34. The van der Waals surface area contributed by atoms with Crippen LogP contribution < -0.4 is 4.90 Å². The molecule has 0 N–H and O–H groups in total. The first kappa shape index (κ1) is 23.6. The highest BCUT2D eigenvalue weighted by Gasteiger charge is 2.39. The van der Waals surface area contributed by atoms with Crippen molar-refractivity contribution in [3.63, 3.8) is 0 Å². The number of aromatic nitrogens is 2. The van der Waals surface area contributed by atoms with Crippen LogP contribution in [0.25, 0.3) is 0 Å². The minimum atomic E-state index is -0.248. The summed E-state index contributed by atoms with van der Waals surface area (Å²) >= 11 is 0. The summed E-state index contributed by atoms with van der Waals surface area (Å²) in [5, 5.41) is 4.45. The lowest BCUT2D eigenvalue weighted by Crippen LogP contribution is -2.45. The summed E-state index contributed by atoms with van der Waals surface area (Å²) < 4.78 is 1.84. The Hall–Kier alpha value is -3.16. The van der Waals surface area contributed by atoms with Crippen LogP contribution in [0.5, 0.6) is 0 Å². The lowest BCUT2D eigenvalue weighted by atomic mass is 9.94. The molecule has 1 unspecified atom stereocenters. The summed E-state index contributed by atoms with van der Waals surface area (Å²) in [5.41, 5.74) is 3.65. The number of anilines is 1. The molecular weight excluding hydrogens is 442 g/mol. The molecule has 2 aromatic rings. The molecule has 1 aromatic heterocycles. The van der Waals surface area contributed by atoms with Gasteiger partial charge in [-0.2, -0.15) is 5.10 Å². The Bertz CT molecular complexity index is 1130. The van der Waals surface area contributed by atoms with Crippen molar-refractivity contribution in [2.45, 2.75) is 58.9 Å². The molecule has 0 radical (unpaired) electrons. The largest absolute Gasteiger partial charge is 0.370 e. The topological polar surface area (TPSA) is 78.8 Å². The van der Waals surface area contributed by atoms with Crippen molar-refractivity contribution in [1.82, 2.24) is 19.6 Å². The minimum absolute atomic E-state index is 0.0629. The maximum absolute atomic E-state index is 13.5. The highest BCUT2D eigenvalue weighted by atomic mass is 16.2. The van der Waals surface area contributed by atoms with Gasteiger partial charge in [-0.25, -0.2) is 0 Å². The molecule has 8 heteroatoms. The van der Waals surface area contributed by atoms with Gasteiger partial charge in [0.1, 0.15) is 0 Å². The van der Waals surface area contributed by atoms with Gasteiger partial charge in [0, 0.05) is 38.4 Å². The van der Waals surface area contributed by atoms with Crippen molar-refractivity contribution >= 4 is 23.4 Å². The van der Waals surface area contributed by atoms with Crippen LogP contribution in [0.4, 0.5) is 5.69 Å². The van der Waals surface area contributed by atoms with Crippen molar-refractivity contribution < 1.29 is 14.4 Å². The van der Waals surface area contributed by atoms with Gasteiger partial charge in [0.05, 0.1) is 35.0 Å². The molecule has 0 spiro atoms. The number of carbonyl (C=O) groups is 3. The first-order valence-corrected chi connectivity index (χ1v) is 13.0. The van der Waals surface area contributed by atoms with Crippen LogP contribution in [0.3, 0.4) is 0 Å². The van der Waals surface area contributed by atoms with Crippen LogP contribution >= 0.6 is 0 Å². The van der Waals surface area contributed by atoms with E-state index < -0.39 is 0 Å². The molecular formula is C27H35N5O3. The predicted molar refractivity (Wildman–Crippen MR) is 133 cm³/mol. The standard InChI is InChI=1S/C27H35N5O3/c1-19-17-20(2)32(28-19)16-15-31-26(34)22-10-7-11-23(24(22)27(31)35)30-14-8-9-21(18-30)25(33)29-12-5-3-4-6-13-29/h7,10-11,17,21H,3-6,8-9,12-16,18H2,1-2H3. The van der Waals surface area contributed by atoms with E-state index in [-0.39, 0.29) is 30.2 Å². The van der Waals surface area contributed by atoms with Crippen molar-refractivity contribution in [3.05, 3.63) is 46.8 Å². The van der Waals surface area contributed by atoms with Crippen LogP contribution in [0, 0.1) is 19.8 Å². The molecule has 4 heterocycles. The van der Waals surface area contributed by atoms with E-state index in [9.17, 15) is 14.4 Å². The molecule has 2 fully saturated rings. The maximum Gasteiger partial charge on any atom is 0.263 e. The molecule has 0 bridgehead atoms. The third kappa shape index (κ3) is 4.58. The molecule has 5 rings (SSSR count). The number of hydrogen-bond donors (Lipinski definition) is 0. The Morgan fingerprint density at radius 3 is 2.46 bits per heavy atom. The van der Waals surface area contributed by atoms with E-state index in [4.69, 9.17) is 0 Å². The van der Waals surface area contributed by atoms with Gasteiger partial charge >= 0.3 is 0 Å². The fraction of sp³-hybridized carbons (Fsp3) is 0.556. The zero-order chi connectivity index (χ0) is 24.5. The van der Waals surface area contributed by atoms with Gasteiger partial charge in [-0.15, -0.1) is 0 Å². The summed E-state index contributed by atoms with van der Waals surface area (Å²) in [7, 11) is 0. The Balaban J connectivity index is 1.33. The van der Waals surface area contributed by atoms with Crippen LogP contribution in [-0.2, 0) is 11.3 Å². The SMILES string of the molecule is Cc1cc(C)n(CCN2C(=O)c3cccc(N4CCCC(C(=O)N5CCCCCC5)C4)c3C2=O)n1. The van der Waals surface area contributed by atoms with E-state index in [2.05, 4.69) is 10.00 Å². The molecule has 35 heavy (non-hydrogen) atoms. The van der Waals surface area contributed by atoms with E-state index in [1.54, 1.807) is 6.07 Å². The maximum atomic E-state index is 13.5. The van der Waals surface area contributed by atoms with E-state index in [0.717, 1.165) is 62.4 Å². The quantitative estimate of drug-likeness (QED) is 0.617. The number of fused-ring (bicyclic) bond motifs is 1. The summed E-state index contributed by atoms with van der Waals surface area (Å²) in [4.78, 5) is 45.5. The zero-order valence-electron chi connectivity index (χ0n) is 20.8. The zero-order valence-corrected chi connectivity index (χ0v) is 20.8. The Labute approximate surface area is 206 Å². The molecule has 3 aliphatic heterocycles. The smallest absolute Gasteiger partial charge is 0.263 e. The number of carbonyl (C=O) groups excluding carboxylic acids is 3. The second-order valence-corrected chi connectivity index (χ2v) is 10.1. The van der Waals surface area contributed by atoms with Crippen LogP contribution in [0.2, 0.25) is 0 Å². The highest BCUT2D eigenvalue weighted by molar-refractivity contribution is 6.23. The Morgan fingerprint density at radius 1 is 0.971 bits per heavy atom. The number of benzene rings is 1. The summed E-state index contributed by atoms with van der Waals surface area (Å²) in [6.45, 7) is 7.74. The summed E-state index contributed by atoms with van der Waals surface area (Å²) in [6, 6.07) is 7.50. The molecule has 1 aromatic carbocycles. The van der Waals surface area contributed by atoms with E-state index in [1.807, 2.05) is 41.6 Å². The van der Waals surface area contributed by atoms with Crippen molar-refractivity contribution in [1.29, 1.82) is 0 Å². The molecule has 3 aliphatic rings. The van der Waals surface area contributed by atoms with E-state index in [0.29, 0.717) is 24.2 Å². The van der Waals surface area contributed by atoms with Crippen LogP contribution in [-0.4, -0.2) is 70.0 Å². The molecule has 2 saturated heterocycles. The molecule has 186 valence electrons. The third-order valence-corrected chi connectivity index (χ3v) is 7.64. The number of rotatable bonds is 5. The molecule has 8 nitrogen and oxygen atoms in total. The van der Waals surface area contributed by atoms with Crippen LogP contribution in [0.15, 0.2) is 24.3 Å². The van der Waals surface area contributed by atoms with Gasteiger partial charge in [0.15, 0.2) is 0 Å². The fourth-order valence-electron chi connectivity index (χ4n) is 5.83. The number of nitrogens with zero attached hydrogens (tertiary/aromatic N) is 5. The molecule has 0 aliphatic carbocycles. The van der Waals surface area contributed by atoms with Crippen LogP contribution in [0.1, 0.15) is 70.6 Å². The van der Waals surface area contributed by atoms with Gasteiger partial charge in [-0.1, -0.05) is 18.9 Å².